The van der Waals surface area contributed by atoms with Gasteiger partial charge < -0.3 is 14.5 Å². The lowest BCUT2D eigenvalue weighted by Crippen LogP contribution is -2.42. The number of hydrogen-bond acceptors (Lipinski definition) is 4. The van der Waals surface area contributed by atoms with Crippen LogP contribution in [0.2, 0.25) is 0 Å². The second-order valence-electron chi connectivity index (χ2n) is 6.37. The predicted octanol–water partition coefficient (Wildman–Crippen LogP) is 1.91. The number of nitrogens with zero attached hydrogens (tertiary/aromatic N) is 2. The molecule has 0 N–H and O–H groups in total. The summed E-state index contributed by atoms with van der Waals surface area (Å²) in [5.41, 5.74) is 0.927. The third kappa shape index (κ3) is 5.44. The van der Waals surface area contributed by atoms with E-state index in [-0.39, 0.29) is 23.7 Å². The summed E-state index contributed by atoms with van der Waals surface area (Å²) in [4.78, 5) is 28.3. The van der Waals surface area contributed by atoms with E-state index in [1.807, 2.05) is 4.90 Å². The molecule has 136 valence electrons. The highest BCUT2D eigenvalue weighted by molar-refractivity contribution is 8.00. The lowest BCUT2D eigenvalue weighted by atomic mass is 10.2. The molecular formula is C18H23FN2O3S. The molecule has 2 fully saturated rings. The molecule has 0 radical (unpaired) electrons. The van der Waals surface area contributed by atoms with E-state index >= 15 is 0 Å². The quantitative estimate of drug-likeness (QED) is 0.740. The molecule has 1 heterocycles. The third-order valence-corrected chi connectivity index (χ3v) is 5.29. The van der Waals surface area contributed by atoms with Crippen molar-refractivity contribution in [3.05, 3.63) is 35.6 Å². The van der Waals surface area contributed by atoms with Crippen LogP contribution in [0.1, 0.15) is 18.4 Å². The van der Waals surface area contributed by atoms with E-state index in [4.69, 9.17) is 4.74 Å². The van der Waals surface area contributed by atoms with Crippen molar-refractivity contribution in [2.24, 2.45) is 0 Å². The van der Waals surface area contributed by atoms with Gasteiger partial charge in [-0.2, -0.15) is 0 Å². The second kappa shape index (κ2) is 8.67. The molecule has 0 spiro atoms. The van der Waals surface area contributed by atoms with Crippen molar-refractivity contribution < 1.29 is 18.7 Å². The smallest absolute Gasteiger partial charge is 0.233 e. The Morgan fingerprint density at radius 1 is 1.16 bits per heavy atom. The Kier molecular flexibility index (Phi) is 6.31. The maximum Gasteiger partial charge on any atom is 0.233 e. The highest BCUT2D eigenvalue weighted by Gasteiger charge is 2.32. The molecule has 1 aliphatic carbocycles. The van der Waals surface area contributed by atoms with Gasteiger partial charge in [-0.15, -0.1) is 11.8 Å². The molecule has 1 aromatic carbocycles. The first-order valence-electron chi connectivity index (χ1n) is 8.60. The molecule has 1 saturated carbocycles. The standard InChI is InChI=1S/C18H23FN2O3S/c19-15-3-1-14(2-4-15)11-21(16-5-6-16)18(23)13-25-12-17(22)20-7-9-24-10-8-20/h1-4,16H,5-13H2. The fourth-order valence-electron chi connectivity index (χ4n) is 2.81. The van der Waals surface area contributed by atoms with Crippen LogP contribution in [0.5, 0.6) is 0 Å². The summed E-state index contributed by atoms with van der Waals surface area (Å²) in [6.07, 6.45) is 2.04. The minimum Gasteiger partial charge on any atom is -0.378 e. The molecule has 0 aromatic heterocycles. The van der Waals surface area contributed by atoms with Crippen molar-refractivity contribution in [2.45, 2.75) is 25.4 Å². The Balaban J connectivity index is 1.46. The third-order valence-electron chi connectivity index (χ3n) is 4.39. The van der Waals surface area contributed by atoms with E-state index in [1.165, 1.54) is 23.9 Å². The van der Waals surface area contributed by atoms with Gasteiger partial charge in [0.15, 0.2) is 0 Å². The summed E-state index contributed by atoms with van der Waals surface area (Å²) in [6.45, 7) is 2.94. The number of thioether (sulfide) groups is 1. The fourth-order valence-corrected chi connectivity index (χ4v) is 3.61. The van der Waals surface area contributed by atoms with Crippen LogP contribution in [-0.4, -0.2) is 65.5 Å². The molecule has 1 saturated heterocycles. The van der Waals surface area contributed by atoms with Gasteiger partial charge in [0.05, 0.1) is 24.7 Å². The highest BCUT2D eigenvalue weighted by Crippen LogP contribution is 2.29. The molecule has 0 bridgehead atoms. The number of carbonyl (C=O) groups excluding carboxylic acids is 2. The molecule has 0 atom stereocenters. The van der Waals surface area contributed by atoms with Crippen molar-refractivity contribution in [2.75, 3.05) is 37.8 Å². The zero-order valence-electron chi connectivity index (χ0n) is 14.2. The number of hydrogen-bond donors (Lipinski definition) is 0. The molecule has 1 aliphatic heterocycles. The Morgan fingerprint density at radius 3 is 2.48 bits per heavy atom. The maximum atomic E-state index is 13.0. The number of halogens is 1. The largest absolute Gasteiger partial charge is 0.378 e. The average Bonchev–Trinajstić information content (AvgIpc) is 3.46. The number of rotatable bonds is 7. The highest BCUT2D eigenvalue weighted by atomic mass is 32.2. The molecule has 25 heavy (non-hydrogen) atoms. The van der Waals surface area contributed by atoms with Crippen molar-refractivity contribution in [3.63, 3.8) is 0 Å². The number of morpholine rings is 1. The summed E-state index contributed by atoms with van der Waals surface area (Å²) in [6, 6.07) is 6.55. The van der Waals surface area contributed by atoms with E-state index in [0.29, 0.717) is 44.4 Å². The van der Waals surface area contributed by atoms with Crippen LogP contribution in [-0.2, 0) is 20.9 Å². The summed E-state index contributed by atoms with van der Waals surface area (Å²) in [5.74, 6) is 0.462. The van der Waals surface area contributed by atoms with Crippen LogP contribution in [0.25, 0.3) is 0 Å². The molecule has 0 unspecified atom stereocenters. The van der Waals surface area contributed by atoms with Gasteiger partial charge in [0.25, 0.3) is 0 Å². The van der Waals surface area contributed by atoms with Crippen molar-refractivity contribution in [1.29, 1.82) is 0 Å². The van der Waals surface area contributed by atoms with E-state index in [2.05, 4.69) is 0 Å². The van der Waals surface area contributed by atoms with E-state index in [1.54, 1.807) is 17.0 Å². The number of carbonyl (C=O) groups is 2. The summed E-state index contributed by atoms with van der Waals surface area (Å²) in [7, 11) is 0. The minimum absolute atomic E-state index is 0.0478. The SMILES string of the molecule is O=C(CSCC(=O)N(Cc1ccc(F)cc1)C1CC1)N1CCOCC1. The fraction of sp³-hybridized carbons (Fsp3) is 0.556. The number of amides is 2. The molecule has 2 amide bonds. The number of ether oxygens (including phenoxy) is 1. The Labute approximate surface area is 151 Å². The normalized spacial score (nSPS) is 17.4. The van der Waals surface area contributed by atoms with Crippen LogP contribution in [0.15, 0.2) is 24.3 Å². The van der Waals surface area contributed by atoms with Crippen molar-refractivity contribution in [1.82, 2.24) is 9.80 Å². The number of benzene rings is 1. The first kappa shape index (κ1) is 18.2. The van der Waals surface area contributed by atoms with E-state index in [9.17, 15) is 14.0 Å². The Morgan fingerprint density at radius 2 is 1.84 bits per heavy atom. The van der Waals surface area contributed by atoms with Gasteiger partial charge in [-0.05, 0) is 30.5 Å². The van der Waals surface area contributed by atoms with Crippen molar-refractivity contribution in [3.8, 4) is 0 Å². The van der Waals surface area contributed by atoms with Gasteiger partial charge in [0.1, 0.15) is 5.82 Å². The lowest BCUT2D eigenvalue weighted by molar-refractivity contribution is -0.132. The monoisotopic (exact) mass is 366 g/mol. The van der Waals surface area contributed by atoms with E-state index in [0.717, 1.165) is 18.4 Å². The van der Waals surface area contributed by atoms with Gasteiger partial charge in [0.2, 0.25) is 11.8 Å². The van der Waals surface area contributed by atoms with Gasteiger partial charge in [-0.3, -0.25) is 9.59 Å². The summed E-state index contributed by atoms with van der Waals surface area (Å²) in [5, 5.41) is 0. The molecule has 5 nitrogen and oxygen atoms in total. The predicted molar refractivity (Wildman–Crippen MR) is 94.7 cm³/mol. The molecular weight excluding hydrogens is 343 g/mol. The zero-order chi connectivity index (χ0) is 17.6. The van der Waals surface area contributed by atoms with Crippen LogP contribution < -0.4 is 0 Å². The van der Waals surface area contributed by atoms with Crippen LogP contribution in [0.4, 0.5) is 4.39 Å². The molecule has 2 aliphatic rings. The van der Waals surface area contributed by atoms with Crippen LogP contribution >= 0.6 is 11.8 Å². The first-order chi connectivity index (χ1) is 12.1. The second-order valence-corrected chi connectivity index (χ2v) is 7.35. The van der Waals surface area contributed by atoms with Gasteiger partial charge in [-0.1, -0.05) is 12.1 Å². The van der Waals surface area contributed by atoms with Gasteiger partial charge >= 0.3 is 0 Å². The van der Waals surface area contributed by atoms with Crippen LogP contribution in [0.3, 0.4) is 0 Å². The molecule has 3 rings (SSSR count). The minimum atomic E-state index is -0.273. The van der Waals surface area contributed by atoms with Gasteiger partial charge in [0, 0.05) is 25.7 Å². The Hall–Kier alpha value is -1.60. The molecule has 7 heteroatoms. The van der Waals surface area contributed by atoms with Gasteiger partial charge in [-0.25, -0.2) is 4.39 Å². The average molecular weight is 366 g/mol. The van der Waals surface area contributed by atoms with Crippen molar-refractivity contribution >= 4 is 23.6 Å². The maximum absolute atomic E-state index is 13.0. The topological polar surface area (TPSA) is 49.9 Å². The summed E-state index contributed by atoms with van der Waals surface area (Å²) >= 11 is 1.37. The summed E-state index contributed by atoms with van der Waals surface area (Å²) < 4.78 is 18.3. The lowest BCUT2D eigenvalue weighted by Gasteiger charge is -2.27. The first-order valence-corrected chi connectivity index (χ1v) is 9.76. The molecule has 1 aromatic rings. The van der Waals surface area contributed by atoms with E-state index < -0.39 is 0 Å². The zero-order valence-corrected chi connectivity index (χ0v) is 15.0. The Bertz CT molecular complexity index is 601. The van der Waals surface area contributed by atoms with Crippen LogP contribution in [0, 0.1) is 5.82 Å².